The maximum Gasteiger partial charge on any atom is 0.406 e. The average Bonchev–Trinajstić information content (AvgIpc) is 2.72. The van der Waals surface area contributed by atoms with Gasteiger partial charge in [0.05, 0.1) is 0 Å². The molecule has 0 aromatic heterocycles. The SMILES string of the molecule is FC(F)(F)C1(NCC2CCSC2)CC1. The van der Waals surface area contributed by atoms with Crippen molar-refractivity contribution in [3.05, 3.63) is 0 Å². The predicted octanol–water partition coefficient (Wildman–Crippen LogP) is 2.42. The van der Waals surface area contributed by atoms with Crippen LogP contribution in [-0.4, -0.2) is 29.8 Å². The summed E-state index contributed by atoms with van der Waals surface area (Å²) in [5.74, 6) is 2.56. The summed E-state index contributed by atoms with van der Waals surface area (Å²) in [4.78, 5) is 0. The monoisotopic (exact) mass is 225 g/mol. The molecule has 1 nitrogen and oxygen atoms in total. The second-order valence-corrected chi connectivity index (χ2v) is 5.34. The van der Waals surface area contributed by atoms with Crippen LogP contribution in [0.2, 0.25) is 0 Å². The van der Waals surface area contributed by atoms with E-state index in [-0.39, 0.29) is 12.8 Å². The summed E-state index contributed by atoms with van der Waals surface area (Å²) in [5, 5.41) is 2.71. The van der Waals surface area contributed by atoms with Gasteiger partial charge >= 0.3 is 6.18 Å². The lowest BCUT2D eigenvalue weighted by Gasteiger charge is -2.22. The molecule has 2 aliphatic rings. The van der Waals surface area contributed by atoms with Crippen LogP contribution in [0.5, 0.6) is 0 Å². The van der Waals surface area contributed by atoms with E-state index in [2.05, 4.69) is 5.32 Å². The molecule has 5 heteroatoms. The highest BCUT2D eigenvalue weighted by atomic mass is 32.2. The molecule has 0 amide bonds. The van der Waals surface area contributed by atoms with Crippen molar-refractivity contribution < 1.29 is 13.2 Å². The van der Waals surface area contributed by atoms with Gasteiger partial charge in [-0.05, 0) is 43.2 Å². The maximum atomic E-state index is 12.5. The molecule has 1 atom stereocenters. The van der Waals surface area contributed by atoms with E-state index in [9.17, 15) is 13.2 Å². The third-order valence-electron chi connectivity index (χ3n) is 3.05. The van der Waals surface area contributed by atoms with Crippen molar-refractivity contribution in [2.45, 2.75) is 31.0 Å². The van der Waals surface area contributed by atoms with Gasteiger partial charge in [-0.2, -0.15) is 24.9 Å². The first-order valence-electron chi connectivity index (χ1n) is 4.93. The first-order chi connectivity index (χ1) is 6.54. The van der Waals surface area contributed by atoms with E-state index in [1.165, 1.54) is 0 Å². The predicted molar refractivity (Wildman–Crippen MR) is 51.5 cm³/mol. The summed E-state index contributed by atoms with van der Waals surface area (Å²) in [5.41, 5.74) is -1.51. The summed E-state index contributed by atoms with van der Waals surface area (Å²) >= 11 is 1.84. The Hall–Kier alpha value is 0.100. The molecule has 0 aromatic rings. The Labute approximate surface area is 85.8 Å². The molecular weight excluding hydrogens is 211 g/mol. The zero-order valence-corrected chi connectivity index (χ0v) is 8.68. The summed E-state index contributed by atoms with van der Waals surface area (Å²) in [6.07, 6.45) is -2.48. The maximum absolute atomic E-state index is 12.5. The van der Waals surface area contributed by atoms with Gasteiger partial charge in [-0.1, -0.05) is 0 Å². The molecule has 2 rings (SSSR count). The van der Waals surface area contributed by atoms with Gasteiger partial charge in [0.1, 0.15) is 5.54 Å². The van der Waals surface area contributed by atoms with Crippen LogP contribution < -0.4 is 5.32 Å². The molecule has 0 aromatic carbocycles. The lowest BCUT2D eigenvalue weighted by atomic mass is 10.1. The number of halogens is 3. The smallest absolute Gasteiger partial charge is 0.303 e. The highest BCUT2D eigenvalue weighted by molar-refractivity contribution is 7.99. The van der Waals surface area contributed by atoms with Gasteiger partial charge in [-0.3, -0.25) is 0 Å². The summed E-state index contributed by atoms with van der Waals surface area (Å²) in [6.45, 7) is 0.534. The highest BCUT2D eigenvalue weighted by Gasteiger charge is 2.63. The fourth-order valence-electron chi connectivity index (χ4n) is 1.77. The van der Waals surface area contributed by atoms with Crippen molar-refractivity contribution in [2.75, 3.05) is 18.1 Å². The lowest BCUT2D eigenvalue weighted by molar-refractivity contribution is -0.166. The van der Waals surface area contributed by atoms with Crippen molar-refractivity contribution in [3.63, 3.8) is 0 Å². The Balaban J connectivity index is 1.80. The second-order valence-electron chi connectivity index (χ2n) is 4.19. The zero-order valence-electron chi connectivity index (χ0n) is 7.86. The normalized spacial score (nSPS) is 30.6. The minimum atomic E-state index is -4.06. The van der Waals surface area contributed by atoms with Crippen LogP contribution in [0.1, 0.15) is 19.3 Å². The Bertz CT molecular complexity index is 207. The first kappa shape index (κ1) is 10.6. The number of hydrogen-bond donors (Lipinski definition) is 1. The minimum absolute atomic E-state index is 0.260. The van der Waals surface area contributed by atoms with Crippen molar-refractivity contribution >= 4 is 11.8 Å². The first-order valence-corrected chi connectivity index (χ1v) is 6.08. The Kier molecular flexibility index (Phi) is 2.72. The molecule has 1 unspecified atom stereocenters. The molecule has 1 aliphatic heterocycles. The molecule has 0 bridgehead atoms. The van der Waals surface area contributed by atoms with Gasteiger partial charge in [-0.25, -0.2) is 0 Å². The molecule has 14 heavy (non-hydrogen) atoms. The number of hydrogen-bond acceptors (Lipinski definition) is 2. The van der Waals surface area contributed by atoms with Gasteiger partial charge in [-0.15, -0.1) is 0 Å². The van der Waals surface area contributed by atoms with E-state index >= 15 is 0 Å². The van der Waals surface area contributed by atoms with Crippen LogP contribution in [0.4, 0.5) is 13.2 Å². The van der Waals surface area contributed by atoms with Crippen molar-refractivity contribution in [1.29, 1.82) is 0 Å². The van der Waals surface area contributed by atoms with E-state index in [4.69, 9.17) is 0 Å². The van der Waals surface area contributed by atoms with Crippen LogP contribution in [-0.2, 0) is 0 Å². The lowest BCUT2D eigenvalue weighted by Crippen LogP contribution is -2.46. The van der Waals surface area contributed by atoms with E-state index in [0.717, 1.165) is 17.9 Å². The molecule has 1 saturated heterocycles. The number of alkyl halides is 3. The Morgan fingerprint density at radius 3 is 2.50 bits per heavy atom. The van der Waals surface area contributed by atoms with Crippen LogP contribution in [0, 0.1) is 5.92 Å². The quantitative estimate of drug-likeness (QED) is 0.791. The summed E-state index contributed by atoms with van der Waals surface area (Å²) in [6, 6.07) is 0. The van der Waals surface area contributed by atoms with Gasteiger partial charge in [0.25, 0.3) is 0 Å². The molecule has 0 spiro atoms. The van der Waals surface area contributed by atoms with Crippen LogP contribution >= 0.6 is 11.8 Å². The van der Waals surface area contributed by atoms with Gasteiger partial charge in [0.2, 0.25) is 0 Å². The van der Waals surface area contributed by atoms with Gasteiger partial charge < -0.3 is 5.32 Å². The Morgan fingerprint density at radius 2 is 2.07 bits per heavy atom. The molecule has 1 saturated carbocycles. The highest BCUT2D eigenvalue weighted by Crippen LogP contribution is 2.49. The fraction of sp³-hybridized carbons (Fsp3) is 1.00. The van der Waals surface area contributed by atoms with Gasteiger partial charge in [0, 0.05) is 0 Å². The van der Waals surface area contributed by atoms with E-state index in [1.807, 2.05) is 11.8 Å². The van der Waals surface area contributed by atoms with Crippen LogP contribution in [0.25, 0.3) is 0 Å². The molecule has 1 N–H and O–H groups in total. The molecule has 1 aliphatic carbocycles. The van der Waals surface area contributed by atoms with E-state index < -0.39 is 11.7 Å². The topological polar surface area (TPSA) is 12.0 Å². The largest absolute Gasteiger partial charge is 0.406 e. The third kappa shape index (κ3) is 2.03. The second kappa shape index (κ2) is 3.59. The van der Waals surface area contributed by atoms with Crippen molar-refractivity contribution in [3.8, 4) is 0 Å². The van der Waals surface area contributed by atoms with Crippen molar-refractivity contribution in [2.24, 2.45) is 5.92 Å². The Morgan fingerprint density at radius 1 is 1.36 bits per heavy atom. The summed E-state index contributed by atoms with van der Waals surface area (Å²) < 4.78 is 37.5. The molecule has 1 heterocycles. The third-order valence-corrected chi connectivity index (χ3v) is 4.28. The molecule has 0 radical (unpaired) electrons. The van der Waals surface area contributed by atoms with E-state index in [1.54, 1.807) is 0 Å². The number of rotatable bonds is 3. The number of nitrogens with one attached hydrogen (secondary N) is 1. The van der Waals surface area contributed by atoms with Crippen molar-refractivity contribution in [1.82, 2.24) is 5.32 Å². The molecule has 2 fully saturated rings. The van der Waals surface area contributed by atoms with Gasteiger partial charge in [0.15, 0.2) is 0 Å². The molecule has 82 valence electrons. The van der Waals surface area contributed by atoms with Crippen LogP contribution in [0.15, 0.2) is 0 Å². The average molecular weight is 225 g/mol. The minimum Gasteiger partial charge on any atom is -0.303 e. The van der Waals surface area contributed by atoms with Crippen LogP contribution in [0.3, 0.4) is 0 Å². The molecular formula is C9H14F3NS. The zero-order chi connectivity index (χ0) is 10.2. The summed E-state index contributed by atoms with van der Waals surface area (Å²) in [7, 11) is 0. The van der Waals surface area contributed by atoms with E-state index in [0.29, 0.717) is 12.5 Å². The fourth-order valence-corrected chi connectivity index (χ4v) is 3.05. The standard InChI is InChI=1S/C9H14F3NS/c10-9(11,12)8(2-3-8)13-5-7-1-4-14-6-7/h7,13H,1-6H2. The number of thioether (sulfide) groups is 1.